The molecule has 0 saturated carbocycles. The third-order valence-corrected chi connectivity index (χ3v) is 3.45. The minimum Gasteiger partial charge on any atom is -0.303 e. The lowest BCUT2D eigenvalue weighted by atomic mass is 10.0. The van der Waals surface area contributed by atoms with Gasteiger partial charge in [0.15, 0.2) is 0 Å². The van der Waals surface area contributed by atoms with Gasteiger partial charge in [-0.1, -0.05) is 30.3 Å². The fourth-order valence-corrected chi connectivity index (χ4v) is 2.36. The monoisotopic (exact) mass is 288 g/mol. The van der Waals surface area contributed by atoms with Crippen LogP contribution in [0.5, 0.6) is 0 Å². The summed E-state index contributed by atoms with van der Waals surface area (Å²) in [6, 6.07) is 12.6. The molecule has 0 radical (unpaired) electrons. The Balaban J connectivity index is 2.18. The van der Waals surface area contributed by atoms with Crippen molar-refractivity contribution in [3.63, 3.8) is 0 Å². The first-order valence-corrected chi connectivity index (χ1v) is 6.74. The van der Waals surface area contributed by atoms with Gasteiger partial charge in [0.1, 0.15) is 5.82 Å². The molecule has 0 heterocycles. The van der Waals surface area contributed by atoms with E-state index in [4.69, 9.17) is 0 Å². The number of halogens is 1. The molecule has 2 aromatic carbocycles. The zero-order valence-electron chi connectivity index (χ0n) is 11.9. The number of rotatable bonds is 5. The number of nitrogens with zero attached hydrogens (tertiary/aromatic N) is 1. The zero-order valence-corrected chi connectivity index (χ0v) is 11.9. The average molecular weight is 288 g/mol. The van der Waals surface area contributed by atoms with Crippen molar-refractivity contribution in [3.8, 4) is 0 Å². The molecule has 0 fully saturated rings. The number of benzene rings is 2. The van der Waals surface area contributed by atoms with Crippen LogP contribution in [0.3, 0.4) is 0 Å². The Morgan fingerprint density at radius 2 is 1.81 bits per heavy atom. The van der Waals surface area contributed by atoms with E-state index in [-0.39, 0.29) is 28.5 Å². The quantitative estimate of drug-likeness (QED) is 0.664. The van der Waals surface area contributed by atoms with Crippen LogP contribution in [0.15, 0.2) is 48.5 Å². The van der Waals surface area contributed by atoms with Gasteiger partial charge in [-0.05, 0) is 31.5 Å². The minimum absolute atomic E-state index is 0.0870. The summed E-state index contributed by atoms with van der Waals surface area (Å²) < 4.78 is 13.2. The van der Waals surface area contributed by atoms with Crippen molar-refractivity contribution in [1.29, 1.82) is 0 Å². The molecule has 2 unspecified atom stereocenters. The van der Waals surface area contributed by atoms with Crippen LogP contribution in [-0.2, 0) is 0 Å². The van der Waals surface area contributed by atoms with Gasteiger partial charge < -0.3 is 5.32 Å². The highest BCUT2D eigenvalue weighted by Crippen LogP contribution is 2.26. The number of hydrogen-bond acceptors (Lipinski definition) is 3. The molecule has 2 rings (SSSR count). The summed E-state index contributed by atoms with van der Waals surface area (Å²) in [5.74, 6) is -0.292. The summed E-state index contributed by atoms with van der Waals surface area (Å²) in [7, 11) is 0. The standard InChI is InChI=1S/C16H17FN2O2/c1-11(13-6-5-7-14(17)10-13)18-12(2)15-8-3-4-9-16(15)19(20)21/h3-12,18H,1-2H3. The molecule has 0 aliphatic rings. The molecule has 0 saturated heterocycles. The Kier molecular flexibility index (Phi) is 4.65. The molecule has 0 aliphatic heterocycles. The fraction of sp³-hybridized carbons (Fsp3) is 0.250. The Morgan fingerprint density at radius 1 is 1.10 bits per heavy atom. The Labute approximate surface area is 122 Å². The number of hydrogen-bond donors (Lipinski definition) is 1. The van der Waals surface area contributed by atoms with Crippen molar-refractivity contribution >= 4 is 5.69 Å². The maximum Gasteiger partial charge on any atom is 0.274 e. The van der Waals surface area contributed by atoms with Gasteiger partial charge in [0.25, 0.3) is 5.69 Å². The van der Waals surface area contributed by atoms with E-state index in [9.17, 15) is 14.5 Å². The Morgan fingerprint density at radius 3 is 2.48 bits per heavy atom. The molecule has 0 spiro atoms. The summed E-state index contributed by atoms with van der Waals surface area (Å²) in [5, 5.41) is 14.3. The molecule has 1 N–H and O–H groups in total. The lowest BCUT2D eigenvalue weighted by Crippen LogP contribution is -2.23. The predicted octanol–water partition coefficient (Wildman–Crippen LogP) is 4.15. The van der Waals surface area contributed by atoms with E-state index < -0.39 is 0 Å². The summed E-state index contributed by atoms with van der Waals surface area (Å²) in [6.45, 7) is 3.76. The average Bonchev–Trinajstić information content (AvgIpc) is 2.47. The largest absolute Gasteiger partial charge is 0.303 e. The topological polar surface area (TPSA) is 55.2 Å². The second-order valence-electron chi connectivity index (χ2n) is 4.98. The van der Waals surface area contributed by atoms with E-state index in [1.54, 1.807) is 24.3 Å². The van der Waals surface area contributed by atoms with E-state index in [0.29, 0.717) is 5.56 Å². The molecule has 110 valence electrons. The van der Waals surface area contributed by atoms with Crippen LogP contribution in [-0.4, -0.2) is 4.92 Å². The lowest BCUT2D eigenvalue weighted by Gasteiger charge is -2.20. The molecule has 21 heavy (non-hydrogen) atoms. The molecule has 5 heteroatoms. The van der Waals surface area contributed by atoms with Gasteiger partial charge in [0, 0.05) is 23.7 Å². The highest BCUT2D eigenvalue weighted by atomic mass is 19.1. The second-order valence-corrected chi connectivity index (χ2v) is 4.98. The van der Waals surface area contributed by atoms with Crippen LogP contribution in [0.2, 0.25) is 0 Å². The minimum atomic E-state index is -0.389. The Hall–Kier alpha value is -2.27. The molecule has 0 bridgehead atoms. The normalized spacial score (nSPS) is 13.7. The van der Waals surface area contributed by atoms with Gasteiger partial charge in [-0.3, -0.25) is 10.1 Å². The molecule has 0 aromatic heterocycles. The summed E-state index contributed by atoms with van der Waals surface area (Å²) in [6.07, 6.45) is 0. The van der Waals surface area contributed by atoms with Crippen LogP contribution in [0, 0.1) is 15.9 Å². The first kappa shape index (κ1) is 15.1. The summed E-state index contributed by atoms with van der Waals surface area (Å²) >= 11 is 0. The van der Waals surface area contributed by atoms with Crippen molar-refractivity contribution in [2.75, 3.05) is 0 Å². The number of nitrogens with one attached hydrogen (secondary N) is 1. The van der Waals surface area contributed by atoms with Crippen molar-refractivity contribution in [2.45, 2.75) is 25.9 Å². The smallest absolute Gasteiger partial charge is 0.274 e. The van der Waals surface area contributed by atoms with Gasteiger partial charge >= 0.3 is 0 Å². The highest BCUT2D eigenvalue weighted by Gasteiger charge is 2.19. The van der Waals surface area contributed by atoms with Crippen LogP contribution >= 0.6 is 0 Å². The van der Waals surface area contributed by atoms with Gasteiger partial charge in [-0.15, -0.1) is 0 Å². The molecule has 2 atom stereocenters. The number of para-hydroxylation sites is 1. The van der Waals surface area contributed by atoms with E-state index in [2.05, 4.69) is 5.32 Å². The molecular weight excluding hydrogens is 271 g/mol. The predicted molar refractivity (Wildman–Crippen MR) is 79.5 cm³/mol. The van der Waals surface area contributed by atoms with Gasteiger partial charge in [-0.2, -0.15) is 0 Å². The first-order valence-electron chi connectivity index (χ1n) is 6.74. The molecular formula is C16H17FN2O2. The summed E-state index contributed by atoms with van der Waals surface area (Å²) in [5.41, 5.74) is 1.51. The number of nitro groups is 1. The maximum atomic E-state index is 13.2. The van der Waals surface area contributed by atoms with E-state index in [0.717, 1.165) is 5.56 Å². The van der Waals surface area contributed by atoms with E-state index >= 15 is 0 Å². The Bertz CT molecular complexity index is 646. The van der Waals surface area contributed by atoms with Crippen molar-refractivity contribution < 1.29 is 9.31 Å². The van der Waals surface area contributed by atoms with Crippen molar-refractivity contribution in [2.24, 2.45) is 0 Å². The van der Waals surface area contributed by atoms with Crippen LogP contribution < -0.4 is 5.32 Å². The SMILES string of the molecule is CC(NC(C)c1ccccc1[N+](=O)[O-])c1cccc(F)c1. The first-order chi connectivity index (χ1) is 9.99. The van der Waals surface area contributed by atoms with Gasteiger partial charge in [-0.25, -0.2) is 4.39 Å². The third kappa shape index (κ3) is 3.64. The molecule has 4 nitrogen and oxygen atoms in total. The van der Waals surface area contributed by atoms with E-state index in [1.807, 2.05) is 19.9 Å². The third-order valence-electron chi connectivity index (χ3n) is 3.45. The maximum absolute atomic E-state index is 13.2. The molecule has 2 aromatic rings. The molecule has 0 aliphatic carbocycles. The fourth-order valence-electron chi connectivity index (χ4n) is 2.36. The molecule has 0 amide bonds. The van der Waals surface area contributed by atoms with Gasteiger partial charge in [0.2, 0.25) is 0 Å². The second kappa shape index (κ2) is 6.45. The number of nitro benzene ring substituents is 1. The highest BCUT2D eigenvalue weighted by molar-refractivity contribution is 5.41. The van der Waals surface area contributed by atoms with Crippen molar-refractivity contribution in [1.82, 2.24) is 5.32 Å². The lowest BCUT2D eigenvalue weighted by molar-refractivity contribution is -0.385. The van der Waals surface area contributed by atoms with Crippen LogP contribution in [0.25, 0.3) is 0 Å². The van der Waals surface area contributed by atoms with Crippen LogP contribution in [0.1, 0.15) is 37.1 Å². The van der Waals surface area contributed by atoms with Crippen LogP contribution in [0.4, 0.5) is 10.1 Å². The summed E-state index contributed by atoms with van der Waals surface area (Å²) in [4.78, 5) is 10.7. The van der Waals surface area contributed by atoms with Crippen molar-refractivity contribution in [3.05, 3.63) is 75.6 Å². The zero-order chi connectivity index (χ0) is 15.4. The van der Waals surface area contributed by atoms with E-state index in [1.165, 1.54) is 18.2 Å². The van der Waals surface area contributed by atoms with Gasteiger partial charge in [0.05, 0.1) is 4.92 Å².